The normalized spacial score (nSPS) is 19.9. The first kappa shape index (κ1) is 17.9. The van der Waals surface area contributed by atoms with Crippen LogP contribution in [0.1, 0.15) is 34.6 Å². The van der Waals surface area contributed by atoms with E-state index in [-0.39, 0.29) is 29.9 Å². The summed E-state index contributed by atoms with van der Waals surface area (Å²) in [7, 11) is 0. The molecule has 6 heteroatoms. The minimum atomic E-state index is -0.260. The first-order valence-electron chi connectivity index (χ1n) is 7.92. The molecule has 0 aromatic carbocycles. The van der Waals surface area contributed by atoms with Crippen molar-refractivity contribution in [2.45, 2.75) is 52.7 Å². The Bertz CT molecular complexity index is 350. The predicted molar refractivity (Wildman–Crippen MR) is 84.0 cm³/mol. The van der Waals surface area contributed by atoms with Gasteiger partial charge in [-0.3, -0.25) is 14.5 Å². The minimum absolute atomic E-state index is 0.00172. The van der Waals surface area contributed by atoms with Crippen molar-refractivity contribution in [1.29, 1.82) is 0 Å². The fourth-order valence-electron chi connectivity index (χ4n) is 2.91. The van der Waals surface area contributed by atoms with E-state index in [9.17, 15) is 9.59 Å². The van der Waals surface area contributed by atoms with E-state index in [0.29, 0.717) is 19.6 Å². The molecule has 0 spiro atoms. The van der Waals surface area contributed by atoms with Crippen LogP contribution in [0.25, 0.3) is 0 Å². The van der Waals surface area contributed by atoms with E-state index in [1.54, 1.807) is 0 Å². The summed E-state index contributed by atoms with van der Waals surface area (Å²) in [4.78, 5) is 28.5. The van der Waals surface area contributed by atoms with Gasteiger partial charge >= 0.3 is 0 Å². The summed E-state index contributed by atoms with van der Waals surface area (Å²) >= 11 is 0. The van der Waals surface area contributed by atoms with Gasteiger partial charge in [-0.15, -0.1) is 0 Å². The van der Waals surface area contributed by atoms with Crippen LogP contribution >= 0.6 is 0 Å². The van der Waals surface area contributed by atoms with Gasteiger partial charge in [-0.05, 0) is 34.6 Å². The highest BCUT2D eigenvalue weighted by molar-refractivity contribution is 5.84. The molecule has 1 unspecified atom stereocenters. The molecule has 2 amide bonds. The molecule has 0 bridgehead atoms. The molecule has 6 nitrogen and oxygen atoms in total. The Labute approximate surface area is 128 Å². The van der Waals surface area contributed by atoms with E-state index < -0.39 is 0 Å². The van der Waals surface area contributed by atoms with Gasteiger partial charge in [0, 0.05) is 38.3 Å². The Morgan fingerprint density at radius 1 is 1.29 bits per heavy atom. The number of piperazine rings is 1. The number of rotatable bonds is 6. The molecule has 1 atom stereocenters. The second kappa shape index (κ2) is 8.34. The lowest BCUT2D eigenvalue weighted by Crippen LogP contribution is -2.60. The SMILES string of the molecule is CCNC(=O)C1CNCCN1CC(=O)N(C(C)C)C(C)C. The Kier molecular flexibility index (Phi) is 7.11. The fraction of sp³-hybridized carbons (Fsp3) is 0.867. The van der Waals surface area contributed by atoms with Crippen LogP contribution in [0, 0.1) is 0 Å². The number of carbonyl (C=O) groups is 2. The molecule has 1 heterocycles. The second-order valence-corrected chi connectivity index (χ2v) is 6.07. The van der Waals surface area contributed by atoms with Crippen molar-refractivity contribution >= 4 is 11.8 Å². The Morgan fingerprint density at radius 3 is 2.43 bits per heavy atom. The zero-order chi connectivity index (χ0) is 16.0. The van der Waals surface area contributed by atoms with Crippen molar-refractivity contribution in [2.24, 2.45) is 0 Å². The molecule has 1 aliphatic heterocycles. The van der Waals surface area contributed by atoms with Crippen LogP contribution in [-0.4, -0.2) is 72.5 Å². The van der Waals surface area contributed by atoms with Crippen LogP contribution in [0.15, 0.2) is 0 Å². The molecular weight excluding hydrogens is 268 g/mol. The molecule has 1 fully saturated rings. The van der Waals surface area contributed by atoms with E-state index in [4.69, 9.17) is 0 Å². The Morgan fingerprint density at radius 2 is 1.90 bits per heavy atom. The van der Waals surface area contributed by atoms with Crippen LogP contribution in [0.3, 0.4) is 0 Å². The van der Waals surface area contributed by atoms with Crippen LogP contribution in [0.5, 0.6) is 0 Å². The van der Waals surface area contributed by atoms with Crippen molar-refractivity contribution in [3.63, 3.8) is 0 Å². The van der Waals surface area contributed by atoms with Crippen LogP contribution in [-0.2, 0) is 9.59 Å². The fourth-order valence-corrected chi connectivity index (χ4v) is 2.91. The molecule has 1 aliphatic rings. The second-order valence-electron chi connectivity index (χ2n) is 6.07. The van der Waals surface area contributed by atoms with Crippen LogP contribution in [0.4, 0.5) is 0 Å². The molecule has 0 aliphatic carbocycles. The lowest BCUT2D eigenvalue weighted by Gasteiger charge is -2.38. The van der Waals surface area contributed by atoms with Gasteiger partial charge < -0.3 is 15.5 Å². The zero-order valence-electron chi connectivity index (χ0n) is 14.0. The van der Waals surface area contributed by atoms with Gasteiger partial charge in [0.1, 0.15) is 6.04 Å². The quantitative estimate of drug-likeness (QED) is 0.727. The lowest BCUT2D eigenvalue weighted by molar-refractivity contribution is -0.138. The molecule has 0 aromatic heterocycles. The van der Waals surface area contributed by atoms with Gasteiger partial charge in [-0.25, -0.2) is 0 Å². The molecule has 122 valence electrons. The average molecular weight is 298 g/mol. The summed E-state index contributed by atoms with van der Waals surface area (Å²) in [5.74, 6) is 0.0920. The topological polar surface area (TPSA) is 64.7 Å². The molecule has 0 radical (unpaired) electrons. The van der Waals surface area contributed by atoms with Crippen molar-refractivity contribution in [1.82, 2.24) is 20.4 Å². The summed E-state index contributed by atoms with van der Waals surface area (Å²) in [6.45, 7) is 13.1. The van der Waals surface area contributed by atoms with Crippen LogP contribution in [0.2, 0.25) is 0 Å². The van der Waals surface area contributed by atoms with Crippen molar-refractivity contribution in [3.05, 3.63) is 0 Å². The first-order valence-corrected chi connectivity index (χ1v) is 7.92. The van der Waals surface area contributed by atoms with Gasteiger partial charge in [0.05, 0.1) is 6.54 Å². The van der Waals surface area contributed by atoms with Gasteiger partial charge in [-0.1, -0.05) is 0 Å². The Balaban J connectivity index is 2.72. The third kappa shape index (κ3) is 4.97. The smallest absolute Gasteiger partial charge is 0.238 e. The third-order valence-corrected chi connectivity index (χ3v) is 3.75. The number of amides is 2. The summed E-state index contributed by atoms with van der Waals surface area (Å²) in [6.07, 6.45) is 0. The maximum absolute atomic E-state index is 12.6. The van der Waals surface area contributed by atoms with E-state index in [1.807, 2.05) is 44.4 Å². The largest absolute Gasteiger partial charge is 0.355 e. The number of nitrogens with zero attached hydrogens (tertiary/aromatic N) is 2. The zero-order valence-corrected chi connectivity index (χ0v) is 14.0. The summed E-state index contributed by atoms with van der Waals surface area (Å²) < 4.78 is 0. The number of likely N-dealkylation sites (N-methyl/N-ethyl adjacent to an activating group) is 1. The van der Waals surface area contributed by atoms with Crippen molar-refractivity contribution in [3.8, 4) is 0 Å². The maximum Gasteiger partial charge on any atom is 0.238 e. The third-order valence-electron chi connectivity index (χ3n) is 3.75. The van der Waals surface area contributed by atoms with Gasteiger partial charge in [0.15, 0.2) is 0 Å². The van der Waals surface area contributed by atoms with Crippen LogP contribution < -0.4 is 10.6 Å². The number of hydrogen-bond donors (Lipinski definition) is 2. The standard InChI is InChI=1S/C15H30N4O2/c1-6-17-15(21)13-9-16-7-8-18(13)10-14(20)19(11(2)3)12(4)5/h11-13,16H,6-10H2,1-5H3,(H,17,21). The van der Waals surface area contributed by atoms with E-state index in [0.717, 1.165) is 13.1 Å². The number of carbonyl (C=O) groups excluding carboxylic acids is 2. The molecule has 21 heavy (non-hydrogen) atoms. The van der Waals surface area contributed by atoms with E-state index in [2.05, 4.69) is 10.6 Å². The van der Waals surface area contributed by atoms with Gasteiger partial charge in [0.2, 0.25) is 11.8 Å². The molecule has 0 aromatic rings. The first-order chi connectivity index (χ1) is 9.88. The average Bonchev–Trinajstić information content (AvgIpc) is 2.38. The van der Waals surface area contributed by atoms with Crippen molar-refractivity contribution < 1.29 is 9.59 Å². The minimum Gasteiger partial charge on any atom is -0.355 e. The van der Waals surface area contributed by atoms with Gasteiger partial charge in [-0.2, -0.15) is 0 Å². The lowest BCUT2D eigenvalue weighted by atomic mass is 10.1. The number of nitrogens with one attached hydrogen (secondary N) is 2. The van der Waals surface area contributed by atoms with Crippen molar-refractivity contribution in [2.75, 3.05) is 32.7 Å². The molecule has 1 saturated heterocycles. The summed E-state index contributed by atoms with van der Waals surface area (Å²) in [5, 5.41) is 6.07. The van der Waals surface area contributed by atoms with Gasteiger partial charge in [0.25, 0.3) is 0 Å². The molecular formula is C15H30N4O2. The Hall–Kier alpha value is -1.14. The summed E-state index contributed by atoms with van der Waals surface area (Å²) in [6, 6.07) is 0.0792. The highest BCUT2D eigenvalue weighted by Gasteiger charge is 2.31. The maximum atomic E-state index is 12.6. The highest BCUT2D eigenvalue weighted by atomic mass is 16.2. The predicted octanol–water partition coefficient (Wildman–Crippen LogP) is 0.0417. The molecule has 2 N–H and O–H groups in total. The highest BCUT2D eigenvalue weighted by Crippen LogP contribution is 2.09. The monoisotopic (exact) mass is 298 g/mol. The molecule has 1 rings (SSSR count). The van der Waals surface area contributed by atoms with E-state index in [1.165, 1.54) is 0 Å². The number of hydrogen-bond acceptors (Lipinski definition) is 4. The summed E-state index contributed by atoms with van der Waals surface area (Å²) in [5.41, 5.74) is 0. The molecule has 0 saturated carbocycles. The van der Waals surface area contributed by atoms with E-state index >= 15 is 0 Å².